The van der Waals surface area contributed by atoms with Crippen molar-refractivity contribution in [2.75, 3.05) is 13.1 Å². The molecule has 98 valence electrons. The van der Waals surface area contributed by atoms with Crippen LogP contribution in [0.3, 0.4) is 0 Å². The third-order valence-electron chi connectivity index (χ3n) is 2.97. The summed E-state index contributed by atoms with van der Waals surface area (Å²) in [4.78, 5) is 8.54. The van der Waals surface area contributed by atoms with Crippen LogP contribution in [0.2, 0.25) is 0 Å². The predicted molar refractivity (Wildman–Crippen MR) is 73.6 cm³/mol. The first-order valence-electron chi connectivity index (χ1n) is 6.39. The van der Waals surface area contributed by atoms with Crippen LogP contribution in [0, 0.1) is 0 Å². The van der Waals surface area contributed by atoms with Crippen LogP contribution in [-0.2, 0) is 6.54 Å². The molecule has 3 N–H and O–H groups in total. The second-order valence-corrected chi connectivity index (χ2v) is 4.40. The molecular weight excluding hydrogens is 240 g/mol. The SMILES string of the molecule is c1cc(CNC2=NCCCN2)cc(-c2ncn[nH]2)c1. The first-order chi connectivity index (χ1) is 9.42. The molecule has 2 heterocycles. The van der Waals surface area contributed by atoms with Gasteiger partial charge in [0.05, 0.1) is 0 Å². The van der Waals surface area contributed by atoms with Gasteiger partial charge in [-0.05, 0) is 18.1 Å². The average molecular weight is 256 g/mol. The van der Waals surface area contributed by atoms with E-state index in [2.05, 4.69) is 42.9 Å². The second-order valence-electron chi connectivity index (χ2n) is 4.40. The number of hydrogen-bond acceptors (Lipinski definition) is 5. The highest BCUT2D eigenvalue weighted by Crippen LogP contribution is 2.15. The quantitative estimate of drug-likeness (QED) is 0.763. The molecule has 0 aliphatic carbocycles. The van der Waals surface area contributed by atoms with Crippen LogP contribution in [0.25, 0.3) is 11.4 Å². The maximum absolute atomic E-state index is 4.38. The van der Waals surface area contributed by atoms with Crippen molar-refractivity contribution in [3.05, 3.63) is 36.2 Å². The number of aromatic nitrogens is 3. The molecule has 1 aromatic heterocycles. The Morgan fingerprint density at radius 1 is 1.32 bits per heavy atom. The van der Waals surface area contributed by atoms with Gasteiger partial charge in [0.1, 0.15) is 6.33 Å². The molecule has 0 atom stereocenters. The summed E-state index contributed by atoms with van der Waals surface area (Å²) in [6.45, 7) is 2.63. The van der Waals surface area contributed by atoms with E-state index in [0.29, 0.717) is 0 Å². The first kappa shape index (κ1) is 11.7. The summed E-state index contributed by atoms with van der Waals surface area (Å²) in [6, 6.07) is 8.21. The Morgan fingerprint density at radius 3 is 3.11 bits per heavy atom. The van der Waals surface area contributed by atoms with Gasteiger partial charge in [-0.2, -0.15) is 5.10 Å². The Bertz CT molecular complexity index is 560. The van der Waals surface area contributed by atoms with E-state index in [0.717, 1.165) is 43.4 Å². The molecule has 1 aliphatic rings. The van der Waals surface area contributed by atoms with E-state index in [1.165, 1.54) is 11.9 Å². The minimum absolute atomic E-state index is 0.744. The van der Waals surface area contributed by atoms with Gasteiger partial charge in [0.2, 0.25) is 0 Å². The maximum atomic E-state index is 4.38. The van der Waals surface area contributed by atoms with Crippen LogP contribution in [0.1, 0.15) is 12.0 Å². The van der Waals surface area contributed by atoms with Gasteiger partial charge < -0.3 is 10.6 Å². The summed E-state index contributed by atoms with van der Waals surface area (Å²) in [6.07, 6.45) is 2.62. The first-order valence-corrected chi connectivity index (χ1v) is 6.39. The molecule has 0 radical (unpaired) electrons. The topological polar surface area (TPSA) is 78.0 Å². The zero-order chi connectivity index (χ0) is 12.9. The molecule has 1 aliphatic heterocycles. The number of rotatable bonds is 3. The number of nitrogens with zero attached hydrogens (tertiary/aromatic N) is 3. The van der Waals surface area contributed by atoms with E-state index in [-0.39, 0.29) is 0 Å². The second kappa shape index (κ2) is 5.51. The number of hydrogen-bond donors (Lipinski definition) is 3. The fourth-order valence-corrected chi connectivity index (χ4v) is 2.01. The van der Waals surface area contributed by atoms with E-state index in [9.17, 15) is 0 Å². The molecule has 1 aromatic carbocycles. The Labute approximate surface area is 111 Å². The number of guanidine groups is 1. The lowest BCUT2D eigenvalue weighted by molar-refractivity contribution is 0.702. The van der Waals surface area contributed by atoms with Gasteiger partial charge in [-0.1, -0.05) is 18.2 Å². The zero-order valence-corrected chi connectivity index (χ0v) is 10.6. The predicted octanol–water partition coefficient (Wildman–Crippen LogP) is 0.911. The molecule has 0 amide bonds. The van der Waals surface area contributed by atoms with Crippen LogP contribution >= 0.6 is 0 Å². The number of H-pyrrole nitrogens is 1. The van der Waals surface area contributed by atoms with E-state index in [4.69, 9.17) is 0 Å². The fourth-order valence-electron chi connectivity index (χ4n) is 2.01. The van der Waals surface area contributed by atoms with Crippen molar-refractivity contribution in [1.82, 2.24) is 25.8 Å². The molecular formula is C13H16N6. The van der Waals surface area contributed by atoms with E-state index in [1.807, 2.05) is 12.1 Å². The van der Waals surface area contributed by atoms with Crippen LogP contribution in [0.15, 0.2) is 35.6 Å². The minimum Gasteiger partial charge on any atom is -0.356 e. The van der Waals surface area contributed by atoms with Gasteiger partial charge in [0.15, 0.2) is 11.8 Å². The van der Waals surface area contributed by atoms with Crippen LogP contribution in [0.5, 0.6) is 0 Å². The van der Waals surface area contributed by atoms with Crippen molar-refractivity contribution in [3.8, 4) is 11.4 Å². The molecule has 0 fully saturated rings. The van der Waals surface area contributed by atoms with E-state index < -0.39 is 0 Å². The molecule has 2 aromatic rings. The summed E-state index contributed by atoms with van der Waals surface area (Å²) in [5, 5.41) is 13.3. The molecule has 6 heteroatoms. The Balaban J connectivity index is 1.68. The molecule has 0 saturated heterocycles. The van der Waals surface area contributed by atoms with Crippen LogP contribution in [-0.4, -0.2) is 34.2 Å². The van der Waals surface area contributed by atoms with Gasteiger partial charge in [0.25, 0.3) is 0 Å². The summed E-state index contributed by atoms with van der Waals surface area (Å²) in [5.74, 6) is 1.67. The molecule has 0 spiro atoms. The van der Waals surface area contributed by atoms with Gasteiger partial charge >= 0.3 is 0 Å². The Hall–Kier alpha value is -2.37. The van der Waals surface area contributed by atoms with Crippen molar-refractivity contribution in [2.45, 2.75) is 13.0 Å². The summed E-state index contributed by atoms with van der Waals surface area (Å²) < 4.78 is 0. The van der Waals surface area contributed by atoms with Crippen molar-refractivity contribution in [2.24, 2.45) is 4.99 Å². The largest absolute Gasteiger partial charge is 0.356 e. The highest BCUT2D eigenvalue weighted by molar-refractivity contribution is 5.80. The number of benzene rings is 1. The highest BCUT2D eigenvalue weighted by atomic mass is 15.2. The van der Waals surface area contributed by atoms with Gasteiger partial charge in [-0.25, -0.2) is 4.98 Å². The van der Waals surface area contributed by atoms with Crippen LogP contribution < -0.4 is 10.6 Å². The maximum Gasteiger partial charge on any atom is 0.191 e. The van der Waals surface area contributed by atoms with Crippen molar-refractivity contribution < 1.29 is 0 Å². The third-order valence-corrected chi connectivity index (χ3v) is 2.97. The molecule has 0 saturated carbocycles. The van der Waals surface area contributed by atoms with Gasteiger partial charge in [0, 0.05) is 25.2 Å². The van der Waals surface area contributed by atoms with E-state index >= 15 is 0 Å². The van der Waals surface area contributed by atoms with E-state index in [1.54, 1.807) is 0 Å². The van der Waals surface area contributed by atoms with Gasteiger partial charge in [-0.15, -0.1) is 0 Å². The lowest BCUT2D eigenvalue weighted by Crippen LogP contribution is -2.40. The van der Waals surface area contributed by atoms with Crippen molar-refractivity contribution in [1.29, 1.82) is 0 Å². The number of aliphatic imine (C=N–C) groups is 1. The highest BCUT2D eigenvalue weighted by Gasteiger charge is 2.04. The normalized spacial score (nSPS) is 14.6. The number of nitrogens with one attached hydrogen (secondary N) is 3. The molecule has 0 bridgehead atoms. The Kier molecular flexibility index (Phi) is 3.40. The van der Waals surface area contributed by atoms with Gasteiger partial charge in [-0.3, -0.25) is 10.1 Å². The van der Waals surface area contributed by atoms with Crippen LogP contribution in [0.4, 0.5) is 0 Å². The average Bonchev–Trinajstić information content (AvgIpc) is 3.01. The lowest BCUT2D eigenvalue weighted by Gasteiger charge is -2.16. The molecule has 6 nitrogen and oxygen atoms in total. The standard InChI is InChI=1S/C13H16N6/c1-3-10(8-16-13-14-5-2-6-15-13)7-11(4-1)12-17-9-18-19-12/h1,3-4,7,9H,2,5-6,8H2,(H2,14,15,16)(H,17,18,19). The van der Waals surface area contributed by atoms with Crippen molar-refractivity contribution in [3.63, 3.8) is 0 Å². The summed E-state index contributed by atoms with van der Waals surface area (Å²) in [5.41, 5.74) is 2.22. The monoisotopic (exact) mass is 256 g/mol. The smallest absolute Gasteiger partial charge is 0.191 e. The summed E-state index contributed by atoms with van der Waals surface area (Å²) >= 11 is 0. The van der Waals surface area contributed by atoms with Crippen molar-refractivity contribution >= 4 is 5.96 Å². The Morgan fingerprint density at radius 2 is 2.32 bits per heavy atom. The minimum atomic E-state index is 0.744. The molecule has 19 heavy (non-hydrogen) atoms. The lowest BCUT2D eigenvalue weighted by atomic mass is 10.1. The molecule has 3 rings (SSSR count). The fraction of sp³-hybridized carbons (Fsp3) is 0.308. The zero-order valence-electron chi connectivity index (χ0n) is 10.6. The molecule has 0 unspecified atom stereocenters. The number of aromatic amines is 1. The summed E-state index contributed by atoms with van der Waals surface area (Å²) in [7, 11) is 0. The third kappa shape index (κ3) is 2.90.